The van der Waals surface area contributed by atoms with Crippen LogP contribution in [0.25, 0.3) is 0 Å². The van der Waals surface area contributed by atoms with E-state index in [0.29, 0.717) is 30.4 Å². The number of nitrogens with one attached hydrogen (secondary N) is 3. The first-order chi connectivity index (χ1) is 17.1. The van der Waals surface area contributed by atoms with Crippen LogP contribution in [0.3, 0.4) is 0 Å². The topological polar surface area (TPSA) is 98.0 Å². The van der Waals surface area contributed by atoms with Gasteiger partial charge in [0.2, 0.25) is 0 Å². The highest BCUT2D eigenvalue weighted by Crippen LogP contribution is 2.47. The van der Waals surface area contributed by atoms with Crippen molar-refractivity contribution in [2.75, 3.05) is 51.1 Å². The number of urea groups is 1. The van der Waals surface area contributed by atoms with Crippen molar-refractivity contribution in [1.82, 2.24) is 20.4 Å². The highest BCUT2D eigenvalue weighted by atomic mass is 16.2. The van der Waals surface area contributed by atoms with Crippen LogP contribution in [0.2, 0.25) is 0 Å². The molecule has 1 spiro atoms. The van der Waals surface area contributed by atoms with Crippen LogP contribution in [-0.4, -0.2) is 73.9 Å². The van der Waals surface area contributed by atoms with Gasteiger partial charge in [-0.25, -0.2) is 9.79 Å². The van der Waals surface area contributed by atoms with Gasteiger partial charge in [0.05, 0.1) is 0 Å². The summed E-state index contributed by atoms with van der Waals surface area (Å²) in [6, 6.07) is 11.4. The number of carbonyl (C=O) groups is 1. The van der Waals surface area contributed by atoms with Gasteiger partial charge in [-0.1, -0.05) is 18.1 Å². The average Bonchev–Trinajstić information content (AvgIpc) is 2.90. The van der Waals surface area contributed by atoms with Gasteiger partial charge >= 0.3 is 6.03 Å². The molecule has 1 aromatic rings. The number of benzene rings is 1. The Morgan fingerprint density at radius 3 is 2.57 bits per heavy atom. The summed E-state index contributed by atoms with van der Waals surface area (Å²) in [4.78, 5) is 21.1. The number of allylic oxidation sites excluding steroid dienone is 1. The van der Waals surface area contributed by atoms with E-state index in [0.717, 1.165) is 44.8 Å². The zero-order valence-corrected chi connectivity index (χ0v) is 20.9. The van der Waals surface area contributed by atoms with Gasteiger partial charge in [0.25, 0.3) is 0 Å². The van der Waals surface area contributed by atoms with E-state index < -0.39 is 0 Å². The van der Waals surface area contributed by atoms with Gasteiger partial charge in [-0.15, -0.1) is 0 Å². The molecule has 8 nitrogen and oxygen atoms in total. The van der Waals surface area contributed by atoms with Crippen molar-refractivity contribution >= 4 is 17.9 Å². The first-order valence-electron chi connectivity index (χ1n) is 12.8. The minimum atomic E-state index is -0.122. The van der Waals surface area contributed by atoms with Crippen LogP contribution >= 0.6 is 0 Å². The quantitative estimate of drug-likeness (QED) is 0.357. The highest BCUT2D eigenvalue weighted by molar-refractivity contribution is 5.80. The SMILES string of the molecule is CC#CN=C/C=C(/NC(=O)N1CCNCC1)Nc1ccc(CCN2CCC3(CCC3N)CC2)cc1. The standard InChI is InChI=1S/C27H39N7O/c1-2-13-29-14-8-25(32-26(35)34-20-15-30-16-21-34)31-23-5-3-22(4-6-23)9-17-33-18-11-27(12-19-33)10-7-24(27)28/h3-6,8,14,24,30-31H,7,9-12,15-21,28H2,1H3,(H,32,35)/b25-8+,29-14?. The second-order valence-electron chi connectivity index (χ2n) is 9.81. The molecule has 0 aromatic heterocycles. The van der Waals surface area contributed by atoms with Gasteiger partial charge in [0.15, 0.2) is 0 Å². The molecule has 3 aliphatic rings. The molecule has 1 aromatic carbocycles. The van der Waals surface area contributed by atoms with E-state index in [4.69, 9.17) is 5.73 Å². The fourth-order valence-electron chi connectivity index (χ4n) is 5.15. The van der Waals surface area contributed by atoms with Crippen LogP contribution < -0.4 is 21.7 Å². The lowest BCUT2D eigenvalue weighted by Crippen LogP contribution is -2.56. The molecular formula is C27H39N7O. The van der Waals surface area contributed by atoms with E-state index in [9.17, 15) is 4.79 Å². The molecule has 3 fully saturated rings. The van der Waals surface area contributed by atoms with Crippen molar-refractivity contribution < 1.29 is 4.79 Å². The van der Waals surface area contributed by atoms with Gasteiger partial charge in [-0.3, -0.25) is 5.32 Å². The van der Waals surface area contributed by atoms with Crippen LogP contribution in [0, 0.1) is 17.4 Å². The molecular weight excluding hydrogens is 438 g/mol. The second kappa shape index (κ2) is 12.2. The Kier molecular flexibility index (Phi) is 8.80. The smallest absolute Gasteiger partial charge is 0.323 e. The second-order valence-corrected chi connectivity index (χ2v) is 9.81. The maximum Gasteiger partial charge on any atom is 0.323 e. The summed E-state index contributed by atoms with van der Waals surface area (Å²) < 4.78 is 0. The van der Waals surface area contributed by atoms with E-state index in [2.05, 4.69) is 62.1 Å². The molecule has 2 heterocycles. The largest absolute Gasteiger partial charge is 0.342 e. The summed E-state index contributed by atoms with van der Waals surface area (Å²) >= 11 is 0. The Hall–Kier alpha value is -2.86. The van der Waals surface area contributed by atoms with E-state index in [1.807, 2.05) is 0 Å². The molecule has 35 heavy (non-hydrogen) atoms. The monoisotopic (exact) mass is 477 g/mol. The molecule has 2 aliphatic heterocycles. The van der Waals surface area contributed by atoms with Crippen molar-refractivity contribution in [2.45, 2.75) is 45.1 Å². The van der Waals surface area contributed by atoms with Crippen LogP contribution in [0.4, 0.5) is 10.5 Å². The first-order valence-corrected chi connectivity index (χ1v) is 12.8. The number of likely N-dealkylation sites (tertiary alicyclic amines) is 1. The number of carbonyl (C=O) groups excluding carboxylic acids is 1. The van der Waals surface area contributed by atoms with Crippen molar-refractivity contribution in [1.29, 1.82) is 0 Å². The Morgan fingerprint density at radius 2 is 1.94 bits per heavy atom. The van der Waals surface area contributed by atoms with Crippen molar-refractivity contribution in [3.8, 4) is 12.0 Å². The lowest BCUT2D eigenvalue weighted by atomic mass is 9.60. The first kappa shape index (κ1) is 25.2. The normalized spacial score (nSPS) is 22.4. The van der Waals surface area contributed by atoms with Crippen molar-refractivity contribution in [2.24, 2.45) is 16.1 Å². The van der Waals surface area contributed by atoms with E-state index in [-0.39, 0.29) is 6.03 Å². The number of anilines is 1. The maximum absolute atomic E-state index is 12.7. The molecule has 2 amide bonds. The van der Waals surface area contributed by atoms with Crippen LogP contribution in [-0.2, 0) is 6.42 Å². The molecule has 8 heteroatoms. The van der Waals surface area contributed by atoms with Gasteiger partial charge < -0.3 is 26.2 Å². The third-order valence-corrected chi connectivity index (χ3v) is 7.68. The van der Waals surface area contributed by atoms with Gasteiger partial charge in [-0.2, -0.15) is 0 Å². The number of piperazine rings is 1. The van der Waals surface area contributed by atoms with Crippen LogP contribution in [0.1, 0.15) is 38.2 Å². The number of piperidine rings is 1. The summed E-state index contributed by atoms with van der Waals surface area (Å²) in [6.07, 6.45) is 9.37. The predicted molar refractivity (Wildman–Crippen MR) is 142 cm³/mol. The maximum atomic E-state index is 12.7. The Balaban J connectivity index is 1.29. The van der Waals surface area contributed by atoms with Gasteiger partial charge in [0.1, 0.15) is 5.82 Å². The molecule has 2 saturated heterocycles. The summed E-state index contributed by atoms with van der Waals surface area (Å²) in [5.41, 5.74) is 8.95. The molecule has 1 atom stereocenters. The molecule has 5 N–H and O–H groups in total. The fraction of sp³-hybridized carbons (Fsp3) is 0.556. The molecule has 0 radical (unpaired) electrons. The summed E-state index contributed by atoms with van der Waals surface area (Å²) in [5, 5.41) is 9.54. The molecule has 4 rings (SSSR count). The summed E-state index contributed by atoms with van der Waals surface area (Å²) in [5.74, 6) is 3.30. The van der Waals surface area contributed by atoms with Gasteiger partial charge in [-0.05, 0) is 81.3 Å². The minimum Gasteiger partial charge on any atom is -0.342 e. The third kappa shape index (κ3) is 6.85. The molecule has 0 bridgehead atoms. The van der Waals surface area contributed by atoms with Crippen molar-refractivity contribution in [3.63, 3.8) is 0 Å². The Bertz CT molecular complexity index is 961. The summed E-state index contributed by atoms with van der Waals surface area (Å²) in [7, 11) is 0. The number of rotatable bonds is 7. The summed E-state index contributed by atoms with van der Waals surface area (Å²) in [6.45, 7) is 8.14. The highest BCUT2D eigenvalue weighted by Gasteiger charge is 2.45. The van der Waals surface area contributed by atoms with E-state index in [1.54, 1.807) is 24.1 Å². The molecule has 1 unspecified atom stereocenters. The number of hydrogen-bond acceptors (Lipinski definition) is 6. The molecule has 1 aliphatic carbocycles. The number of nitrogens with zero attached hydrogens (tertiary/aromatic N) is 3. The third-order valence-electron chi connectivity index (χ3n) is 7.68. The average molecular weight is 478 g/mol. The molecule has 1 saturated carbocycles. The van der Waals surface area contributed by atoms with E-state index in [1.165, 1.54) is 31.2 Å². The van der Waals surface area contributed by atoms with Crippen LogP contribution in [0.15, 0.2) is 41.2 Å². The zero-order chi connectivity index (χ0) is 24.5. The fourth-order valence-corrected chi connectivity index (χ4v) is 5.15. The lowest BCUT2D eigenvalue weighted by Gasteiger charge is -2.52. The zero-order valence-electron chi connectivity index (χ0n) is 20.9. The number of amides is 2. The number of hydrogen-bond donors (Lipinski definition) is 4. The van der Waals surface area contributed by atoms with Gasteiger partial charge in [0, 0.05) is 56.7 Å². The predicted octanol–water partition coefficient (Wildman–Crippen LogP) is 2.35. The lowest BCUT2D eigenvalue weighted by molar-refractivity contribution is 0.0106. The van der Waals surface area contributed by atoms with Crippen molar-refractivity contribution in [3.05, 3.63) is 41.7 Å². The molecule has 188 valence electrons. The minimum absolute atomic E-state index is 0.122. The number of aliphatic imine (C=N–C) groups is 1. The van der Waals surface area contributed by atoms with Crippen LogP contribution in [0.5, 0.6) is 0 Å². The van der Waals surface area contributed by atoms with E-state index >= 15 is 0 Å². The Morgan fingerprint density at radius 1 is 1.20 bits per heavy atom. The number of nitrogens with two attached hydrogens (primary N) is 1. The Labute approximate surface area is 209 Å².